The van der Waals surface area contributed by atoms with E-state index in [-0.39, 0.29) is 28.9 Å². The van der Waals surface area contributed by atoms with Crippen LogP contribution in [-0.4, -0.2) is 56.8 Å². The lowest BCUT2D eigenvalue weighted by molar-refractivity contribution is -0.140. The maximum atomic E-state index is 14.9. The number of ketones is 1. The number of allylic oxidation sites excluding steroid dienone is 3. The SMILES string of the molecule is O=C(C1=CCC(Cl)CC1)C1C(O)C(=O)N(C2CC=CCC2F)C1C1CCC(Cl)CC1. The molecule has 6 unspecified atom stereocenters. The van der Waals surface area contributed by atoms with Gasteiger partial charge in [-0.05, 0) is 69.3 Å². The number of aliphatic hydroxyl groups is 1. The first kappa shape index (κ1) is 22.3. The van der Waals surface area contributed by atoms with Crippen LogP contribution in [0.2, 0.25) is 0 Å². The molecule has 1 amide bonds. The maximum absolute atomic E-state index is 14.9. The Morgan fingerprint density at radius 1 is 1.03 bits per heavy atom. The zero-order valence-corrected chi connectivity index (χ0v) is 18.6. The fourth-order valence-corrected chi connectivity index (χ4v) is 6.18. The second kappa shape index (κ2) is 9.30. The molecule has 0 aromatic rings. The summed E-state index contributed by atoms with van der Waals surface area (Å²) in [5.74, 6) is -1.47. The highest BCUT2D eigenvalue weighted by Gasteiger charge is 2.56. The number of carbonyl (C=O) groups is 2. The highest BCUT2D eigenvalue weighted by Crippen LogP contribution is 2.44. The third-order valence-electron chi connectivity index (χ3n) is 7.37. The van der Waals surface area contributed by atoms with Gasteiger partial charge in [-0.2, -0.15) is 0 Å². The van der Waals surface area contributed by atoms with Crippen molar-refractivity contribution in [3.8, 4) is 0 Å². The van der Waals surface area contributed by atoms with Crippen molar-refractivity contribution in [3.05, 3.63) is 23.8 Å². The number of halogens is 3. The highest BCUT2D eigenvalue weighted by atomic mass is 35.5. The van der Waals surface area contributed by atoms with Crippen LogP contribution in [0.3, 0.4) is 0 Å². The van der Waals surface area contributed by atoms with Crippen LogP contribution in [0.5, 0.6) is 0 Å². The quantitative estimate of drug-likeness (QED) is 0.505. The Kier molecular flexibility index (Phi) is 6.91. The van der Waals surface area contributed by atoms with E-state index in [1.165, 1.54) is 0 Å². The molecule has 30 heavy (non-hydrogen) atoms. The summed E-state index contributed by atoms with van der Waals surface area (Å²) in [6, 6.07) is -1.10. The summed E-state index contributed by atoms with van der Waals surface area (Å²) in [7, 11) is 0. The van der Waals surface area contributed by atoms with Crippen molar-refractivity contribution in [2.75, 3.05) is 0 Å². The van der Waals surface area contributed by atoms with Gasteiger partial charge in [0.2, 0.25) is 0 Å². The van der Waals surface area contributed by atoms with Crippen LogP contribution in [0.4, 0.5) is 4.39 Å². The topological polar surface area (TPSA) is 57.6 Å². The van der Waals surface area contributed by atoms with Gasteiger partial charge < -0.3 is 10.0 Å². The third-order valence-corrected chi connectivity index (χ3v) is 8.20. The van der Waals surface area contributed by atoms with Crippen LogP contribution in [-0.2, 0) is 9.59 Å². The monoisotopic (exact) mass is 457 g/mol. The zero-order valence-electron chi connectivity index (χ0n) is 17.1. The summed E-state index contributed by atoms with van der Waals surface area (Å²) < 4.78 is 14.9. The minimum Gasteiger partial charge on any atom is -0.382 e. The first-order valence-electron chi connectivity index (χ1n) is 11.2. The Labute approximate surface area is 187 Å². The molecule has 4 aliphatic rings. The predicted octanol–water partition coefficient (Wildman–Crippen LogP) is 4.32. The smallest absolute Gasteiger partial charge is 0.252 e. The minimum absolute atomic E-state index is 0.0179. The van der Waals surface area contributed by atoms with Gasteiger partial charge in [0.1, 0.15) is 12.3 Å². The Balaban J connectivity index is 1.67. The molecule has 0 aromatic carbocycles. The van der Waals surface area contributed by atoms with E-state index in [9.17, 15) is 19.1 Å². The van der Waals surface area contributed by atoms with Crippen molar-refractivity contribution in [2.24, 2.45) is 11.8 Å². The van der Waals surface area contributed by atoms with Gasteiger partial charge in [0, 0.05) is 16.8 Å². The maximum Gasteiger partial charge on any atom is 0.252 e. The molecule has 166 valence electrons. The number of hydrogen-bond acceptors (Lipinski definition) is 3. The molecule has 6 atom stereocenters. The van der Waals surface area contributed by atoms with E-state index in [0.29, 0.717) is 31.3 Å². The van der Waals surface area contributed by atoms with Crippen LogP contribution in [0.1, 0.15) is 57.8 Å². The largest absolute Gasteiger partial charge is 0.382 e. The molecule has 7 heteroatoms. The van der Waals surface area contributed by atoms with Crippen LogP contribution in [0.25, 0.3) is 0 Å². The summed E-state index contributed by atoms with van der Waals surface area (Å²) in [6.07, 6.45) is 8.68. The van der Waals surface area contributed by atoms with E-state index in [0.717, 1.165) is 25.7 Å². The molecule has 4 nitrogen and oxygen atoms in total. The molecule has 0 aromatic heterocycles. The lowest BCUT2D eigenvalue weighted by atomic mass is 9.74. The van der Waals surface area contributed by atoms with E-state index in [4.69, 9.17) is 23.2 Å². The van der Waals surface area contributed by atoms with Gasteiger partial charge in [-0.3, -0.25) is 9.59 Å². The normalized spacial score (nSPS) is 42.3. The van der Waals surface area contributed by atoms with Gasteiger partial charge in [-0.1, -0.05) is 18.2 Å². The number of nitrogens with zero attached hydrogens (tertiary/aromatic N) is 1. The molecular weight excluding hydrogens is 428 g/mol. The summed E-state index contributed by atoms with van der Waals surface area (Å²) >= 11 is 12.5. The number of hydrogen-bond donors (Lipinski definition) is 1. The second-order valence-electron chi connectivity index (χ2n) is 9.21. The molecular formula is C23H30Cl2FNO3. The molecule has 2 fully saturated rings. The average molecular weight is 458 g/mol. The number of carbonyl (C=O) groups excluding carboxylic acids is 2. The van der Waals surface area contributed by atoms with Crippen LogP contribution in [0, 0.1) is 11.8 Å². The van der Waals surface area contributed by atoms with Gasteiger partial charge in [0.25, 0.3) is 5.91 Å². The lowest BCUT2D eigenvalue weighted by Gasteiger charge is -2.42. The molecule has 4 rings (SSSR count). The molecule has 1 aliphatic heterocycles. The van der Waals surface area contributed by atoms with Gasteiger partial charge in [-0.15, -0.1) is 23.2 Å². The van der Waals surface area contributed by atoms with Gasteiger partial charge in [0.15, 0.2) is 5.78 Å². The number of rotatable bonds is 4. The Hall–Kier alpha value is -0.910. The van der Waals surface area contributed by atoms with Gasteiger partial charge in [-0.25, -0.2) is 4.39 Å². The van der Waals surface area contributed by atoms with Crippen molar-refractivity contribution in [1.29, 1.82) is 0 Å². The zero-order chi connectivity index (χ0) is 21.4. The van der Waals surface area contributed by atoms with Crippen LogP contribution >= 0.6 is 23.2 Å². The van der Waals surface area contributed by atoms with Crippen molar-refractivity contribution < 1.29 is 19.1 Å². The second-order valence-corrected chi connectivity index (χ2v) is 10.4. The minimum atomic E-state index is -1.41. The number of aliphatic hydroxyl groups excluding tert-OH is 1. The van der Waals surface area contributed by atoms with E-state index in [2.05, 4.69) is 0 Å². The van der Waals surface area contributed by atoms with Crippen molar-refractivity contribution in [3.63, 3.8) is 0 Å². The average Bonchev–Trinajstić information content (AvgIpc) is 3.00. The van der Waals surface area contributed by atoms with E-state index in [1.54, 1.807) is 11.0 Å². The van der Waals surface area contributed by atoms with Crippen molar-refractivity contribution in [2.45, 2.75) is 92.9 Å². The van der Waals surface area contributed by atoms with E-state index >= 15 is 0 Å². The number of likely N-dealkylation sites (tertiary alicyclic amines) is 1. The predicted molar refractivity (Wildman–Crippen MR) is 115 cm³/mol. The molecule has 1 saturated heterocycles. The Morgan fingerprint density at radius 2 is 1.73 bits per heavy atom. The van der Waals surface area contributed by atoms with Crippen LogP contribution in [0.15, 0.2) is 23.8 Å². The van der Waals surface area contributed by atoms with E-state index < -0.39 is 36.2 Å². The molecule has 1 saturated carbocycles. The fraction of sp³-hybridized carbons (Fsp3) is 0.739. The first-order chi connectivity index (χ1) is 14.4. The van der Waals surface area contributed by atoms with Gasteiger partial charge >= 0.3 is 0 Å². The number of Topliss-reactive ketones (excluding diaryl/α,β-unsaturated/α-hetero) is 1. The molecule has 1 N–H and O–H groups in total. The fourth-order valence-electron chi connectivity index (χ4n) is 5.73. The van der Waals surface area contributed by atoms with Gasteiger partial charge in [0.05, 0.1) is 12.0 Å². The molecule has 0 spiro atoms. The molecule has 0 radical (unpaired) electrons. The van der Waals surface area contributed by atoms with E-state index in [1.807, 2.05) is 12.2 Å². The number of amides is 1. The highest BCUT2D eigenvalue weighted by molar-refractivity contribution is 6.21. The first-order valence-corrected chi connectivity index (χ1v) is 12.1. The summed E-state index contributed by atoms with van der Waals surface area (Å²) in [6.45, 7) is 0. The standard InChI is InChI=1S/C23H30Cl2FNO3/c24-15-9-5-13(6-10-15)20-19(21(28)14-7-11-16(25)12-8-14)22(29)23(30)27(20)18-4-2-1-3-17(18)26/h1-2,7,13,15-20,22,29H,3-6,8-12H2. The summed E-state index contributed by atoms with van der Waals surface area (Å²) in [4.78, 5) is 28.2. The lowest BCUT2D eigenvalue weighted by Crippen LogP contribution is -2.52. The Morgan fingerprint density at radius 3 is 2.37 bits per heavy atom. The summed E-state index contributed by atoms with van der Waals surface area (Å²) in [5, 5.41) is 11.0. The molecule has 3 aliphatic carbocycles. The molecule has 0 bridgehead atoms. The van der Waals surface area contributed by atoms with Crippen LogP contribution < -0.4 is 0 Å². The molecule has 1 heterocycles. The Bertz CT molecular complexity index is 734. The van der Waals surface area contributed by atoms with Crippen molar-refractivity contribution in [1.82, 2.24) is 4.90 Å². The number of alkyl halides is 3. The van der Waals surface area contributed by atoms with Crippen molar-refractivity contribution >= 4 is 34.9 Å². The summed E-state index contributed by atoms with van der Waals surface area (Å²) in [5.41, 5.74) is 0.655. The third kappa shape index (κ3) is 4.22.